The summed E-state index contributed by atoms with van der Waals surface area (Å²) in [5.41, 5.74) is 1.08. The zero-order valence-corrected chi connectivity index (χ0v) is 9.65. The maximum absolute atomic E-state index is 9.03. The van der Waals surface area contributed by atoms with E-state index in [1.165, 1.54) is 0 Å². The maximum Gasteiger partial charge on any atom is 0.129 e. The molecule has 16 heavy (non-hydrogen) atoms. The Bertz CT molecular complexity index is 438. The van der Waals surface area contributed by atoms with Crippen molar-refractivity contribution in [1.29, 1.82) is 0 Å². The second-order valence-electron chi connectivity index (χ2n) is 4.45. The van der Waals surface area contributed by atoms with Crippen LogP contribution in [0.15, 0.2) is 23.4 Å². The summed E-state index contributed by atoms with van der Waals surface area (Å²) in [4.78, 5) is 0. The van der Waals surface area contributed by atoms with Gasteiger partial charge >= 0.3 is 0 Å². The number of fused-ring (bicyclic) bond motifs is 1. The Morgan fingerprint density at radius 3 is 2.81 bits per heavy atom. The average molecular weight is 221 g/mol. The van der Waals surface area contributed by atoms with Crippen LogP contribution in [0, 0.1) is 0 Å². The van der Waals surface area contributed by atoms with Gasteiger partial charge in [-0.1, -0.05) is 5.16 Å². The van der Waals surface area contributed by atoms with Crippen LogP contribution in [-0.4, -0.2) is 23.6 Å². The molecular weight excluding hydrogens is 206 g/mol. The highest BCUT2D eigenvalue weighted by molar-refractivity contribution is 6.04. The van der Waals surface area contributed by atoms with Crippen LogP contribution in [0.5, 0.6) is 11.5 Å². The summed E-state index contributed by atoms with van der Waals surface area (Å²) in [6.07, 6.45) is 0.573. The predicted molar refractivity (Wildman–Crippen MR) is 60.6 cm³/mol. The van der Waals surface area contributed by atoms with Crippen LogP contribution in [0.25, 0.3) is 0 Å². The number of rotatable bonds is 1. The summed E-state index contributed by atoms with van der Waals surface area (Å²) in [5.74, 6) is 1.45. The molecule has 1 aliphatic rings. The second-order valence-corrected chi connectivity index (χ2v) is 4.45. The summed E-state index contributed by atoms with van der Waals surface area (Å²) in [5, 5.41) is 12.4. The molecule has 1 aromatic carbocycles. The lowest BCUT2D eigenvalue weighted by Crippen LogP contribution is -2.36. The van der Waals surface area contributed by atoms with E-state index in [0.29, 0.717) is 12.1 Å². The molecule has 4 nitrogen and oxygen atoms in total. The van der Waals surface area contributed by atoms with Gasteiger partial charge in [0.2, 0.25) is 0 Å². The zero-order valence-electron chi connectivity index (χ0n) is 9.65. The van der Waals surface area contributed by atoms with E-state index in [2.05, 4.69) is 5.16 Å². The largest absolute Gasteiger partial charge is 0.497 e. The Morgan fingerprint density at radius 2 is 2.19 bits per heavy atom. The van der Waals surface area contributed by atoms with Gasteiger partial charge in [0, 0.05) is 12.0 Å². The maximum atomic E-state index is 9.03. The Morgan fingerprint density at radius 1 is 1.44 bits per heavy atom. The molecule has 0 fully saturated rings. The molecule has 1 N–H and O–H groups in total. The highest BCUT2D eigenvalue weighted by Crippen LogP contribution is 2.35. The van der Waals surface area contributed by atoms with E-state index in [1.54, 1.807) is 7.11 Å². The van der Waals surface area contributed by atoms with Crippen molar-refractivity contribution >= 4 is 5.71 Å². The molecule has 1 heterocycles. The lowest BCUT2D eigenvalue weighted by molar-refractivity contribution is 0.109. The van der Waals surface area contributed by atoms with Gasteiger partial charge in [-0.2, -0.15) is 0 Å². The molecule has 0 saturated heterocycles. The molecule has 2 rings (SSSR count). The van der Waals surface area contributed by atoms with Crippen LogP contribution in [0.3, 0.4) is 0 Å². The fourth-order valence-corrected chi connectivity index (χ4v) is 1.87. The van der Waals surface area contributed by atoms with E-state index in [0.717, 1.165) is 17.1 Å². The number of hydrogen-bond donors (Lipinski definition) is 1. The summed E-state index contributed by atoms with van der Waals surface area (Å²) >= 11 is 0. The molecule has 1 aromatic rings. The van der Waals surface area contributed by atoms with Gasteiger partial charge in [-0.3, -0.25) is 0 Å². The van der Waals surface area contributed by atoms with E-state index < -0.39 is 0 Å². The second kappa shape index (κ2) is 3.70. The monoisotopic (exact) mass is 221 g/mol. The summed E-state index contributed by atoms with van der Waals surface area (Å²) < 4.78 is 10.9. The minimum absolute atomic E-state index is 0.344. The first-order chi connectivity index (χ1) is 7.55. The third-order valence-electron chi connectivity index (χ3n) is 2.60. The molecule has 0 saturated carbocycles. The van der Waals surface area contributed by atoms with E-state index >= 15 is 0 Å². The van der Waals surface area contributed by atoms with Gasteiger partial charge in [0.05, 0.1) is 12.8 Å². The van der Waals surface area contributed by atoms with Crippen LogP contribution >= 0.6 is 0 Å². The normalized spacial score (nSPS) is 20.1. The minimum Gasteiger partial charge on any atom is -0.497 e. The lowest BCUT2D eigenvalue weighted by Gasteiger charge is -2.32. The van der Waals surface area contributed by atoms with Crippen molar-refractivity contribution in [3.63, 3.8) is 0 Å². The Labute approximate surface area is 94.5 Å². The van der Waals surface area contributed by atoms with Crippen LogP contribution < -0.4 is 9.47 Å². The molecule has 0 bridgehead atoms. The summed E-state index contributed by atoms with van der Waals surface area (Å²) in [7, 11) is 1.60. The molecular formula is C12H15NO3. The number of methoxy groups -OCH3 is 1. The Hall–Kier alpha value is -1.71. The fraction of sp³-hybridized carbons (Fsp3) is 0.417. The molecule has 0 aromatic heterocycles. The first-order valence-electron chi connectivity index (χ1n) is 5.14. The average Bonchev–Trinajstić information content (AvgIpc) is 2.26. The van der Waals surface area contributed by atoms with E-state index in [4.69, 9.17) is 14.7 Å². The van der Waals surface area contributed by atoms with Crippen LogP contribution in [0.4, 0.5) is 0 Å². The van der Waals surface area contributed by atoms with E-state index in [9.17, 15) is 0 Å². The van der Waals surface area contributed by atoms with Crippen molar-refractivity contribution < 1.29 is 14.7 Å². The molecule has 0 amide bonds. The topological polar surface area (TPSA) is 51.0 Å². The van der Waals surface area contributed by atoms with E-state index in [-0.39, 0.29) is 5.60 Å². The SMILES string of the molecule is COc1ccc2c(c1)/C(=N/O)CC(C)(C)O2. The van der Waals surface area contributed by atoms with Crippen molar-refractivity contribution in [3.05, 3.63) is 23.8 Å². The van der Waals surface area contributed by atoms with Crippen molar-refractivity contribution in [1.82, 2.24) is 0 Å². The minimum atomic E-state index is -0.344. The molecule has 4 heteroatoms. The molecule has 0 spiro atoms. The van der Waals surface area contributed by atoms with Gasteiger partial charge in [0.25, 0.3) is 0 Å². The van der Waals surface area contributed by atoms with E-state index in [1.807, 2.05) is 32.0 Å². The number of hydrogen-bond acceptors (Lipinski definition) is 4. The first-order valence-corrected chi connectivity index (χ1v) is 5.14. The predicted octanol–water partition coefficient (Wildman–Crippen LogP) is 2.43. The first kappa shape index (κ1) is 10.8. The van der Waals surface area contributed by atoms with Gasteiger partial charge in [-0.15, -0.1) is 0 Å². The van der Waals surface area contributed by atoms with Gasteiger partial charge in [0.15, 0.2) is 0 Å². The Balaban J connectivity index is 2.51. The molecule has 0 atom stereocenters. The lowest BCUT2D eigenvalue weighted by atomic mass is 9.92. The number of nitrogens with zero attached hydrogens (tertiary/aromatic N) is 1. The van der Waals surface area contributed by atoms with Crippen LogP contribution in [-0.2, 0) is 0 Å². The quantitative estimate of drug-likeness (QED) is 0.585. The number of benzene rings is 1. The highest BCUT2D eigenvalue weighted by atomic mass is 16.5. The van der Waals surface area contributed by atoms with Gasteiger partial charge in [-0.05, 0) is 32.0 Å². The molecule has 0 radical (unpaired) electrons. The van der Waals surface area contributed by atoms with Gasteiger partial charge < -0.3 is 14.7 Å². The third kappa shape index (κ3) is 1.83. The molecule has 1 aliphatic heterocycles. The smallest absolute Gasteiger partial charge is 0.129 e. The van der Waals surface area contributed by atoms with Crippen molar-refractivity contribution in [2.24, 2.45) is 5.16 Å². The van der Waals surface area contributed by atoms with Crippen molar-refractivity contribution in [2.45, 2.75) is 25.9 Å². The standard InChI is InChI=1S/C12H15NO3/c1-12(2)7-10(13-14)9-6-8(15-3)4-5-11(9)16-12/h4-6,14H,7H2,1-3H3/b13-10+. The number of oxime groups is 1. The molecule has 86 valence electrons. The van der Waals surface area contributed by atoms with Gasteiger partial charge in [-0.25, -0.2) is 0 Å². The summed E-state index contributed by atoms with van der Waals surface area (Å²) in [6.45, 7) is 3.93. The fourth-order valence-electron chi connectivity index (χ4n) is 1.87. The molecule has 0 aliphatic carbocycles. The van der Waals surface area contributed by atoms with Crippen molar-refractivity contribution in [3.8, 4) is 11.5 Å². The molecule has 0 unspecified atom stereocenters. The van der Waals surface area contributed by atoms with Crippen LogP contribution in [0.2, 0.25) is 0 Å². The number of ether oxygens (including phenoxy) is 2. The van der Waals surface area contributed by atoms with Crippen molar-refractivity contribution in [2.75, 3.05) is 7.11 Å². The summed E-state index contributed by atoms with van der Waals surface area (Å²) in [6, 6.07) is 5.48. The van der Waals surface area contributed by atoms with Crippen LogP contribution in [0.1, 0.15) is 25.8 Å². The third-order valence-corrected chi connectivity index (χ3v) is 2.60. The van der Waals surface area contributed by atoms with Gasteiger partial charge in [0.1, 0.15) is 17.1 Å². The highest BCUT2D eigenvalue weighted by Gasteiger charge is 2.31. The Kier molecular flexibility index (Phi) is 2.50. The zero-order chi connectivity index (χ0) is 11.8.